The highest BCUT2D eigenvalue weighted by molar-refractivity contribution is 9.10. The SMILES string of the molecule is Cc1ccc(S(=O)(=O)N(CC(=O)N[C@H]2CCCc3ccccc32)c2ccc(Br)cc2)cc1. The molecule has 1 N–H and O–H groups in total. The molecule has 0 radical (unpaired) electrons. The second-order valence-electron chi connectivity index (χ2n) is 8.01. The molecule has 1 atom stereocenters. The number of hydrogen-bond donors (Lipinski definition) is 1. The predicted molar refractivity (Wildman–Crippen MR) is 130 cm³/mol. The summed E-state index contributed by atoms with van der Waals surface area (Å²) in [7, 11) is -3.92. The van der Waals surface area contributed by atoms with Crippen LogP contribution in [0.25, 0.3) is 0 Å². The van der Waals surface area contributed by atoms with E-state index in [9.17, 15) is 13.2 Å². The maximum absolute atomic E-state index is 13.5. The van der Waals surface area contributed by atoms with Gasteiger partial charge in [0.1, 0.15) is 6.54 Å². The molecule has 4 rings (SSSR count). The van der Waals surface area contributed by atoms with E-state index in [4.69, 9.17) is 0 Å². The van der Waals surface area contributed by atoms with E-state index in [0.29, 0.717) is 5.69 Å². The van der Waals surface area contributed by atoms with Crippen molar-refractivity contribution in [2.45, 2.75) is 37.1 Å². The van der Waals surface area contributed by atoms with Crippen molar-refractivity contribution in [3.05, 3.63) is 94.0 Å². The first-order valence-electron chi connectivity index (χ1n) is 10.6. The molecule has 3 aromatic rings. The van der Waals surface area contributed by atoms with Crippen LogP contribution in [0.2, 0.25) is 0 Å². The molecule has 0 spiro atoms. The van der Waals surface area contributed by atoms with E-state index in [1.807, 2.05) is 25.1 Å². The van der Waals surface area contributed by atoms with Gasteiger partial charge in [0.25, 0.3) is 10.0 Å². The molecular formula is C25H25BrN2O3S. The molecule has 7 heteroatoms. The third kappa shape index (κ3) is 4.89. The Morgan fingerprint density at radius 2 is 1.72 bits per heavy atom. The fourth-order valence-corrected chi connectivity index (χ4v) is 5.72. The molecule has 0 aromatic heterocycles. The second kappa shape index (κ2) is 9.46. The van der Waals surface area contributed by atoms with Crippen LogP contribution in [0.4, 0.5) is 5.69 Å². The summed E-state index contributed by atoms with van der Waals surface area (Å²) in [4.78, 5) is 13.2. The number of anilines is 1. The third-order valence-corrected chi connectivity index (χ3v) is 8.03. The van der Waals surface area contributed by atoms with Gasteiger partial charge in [-0.05, 0) is 73.7 Å². The lowest BCUT2D eigenvalue weighted by Crippen LogP contribution is -2.42. The van der Waals surface area contributed by atoms with Crippen LogP contribution in [-0.4, -0.2) is 20.9 Å². The van der Waals surface area contributed by atoms with E-state index in [1.165, 1.54) is 9.87 Å². The maximum atomic E-state index is 13.5. The van der Waals surface area contributed by atoms with Crippen molar-refractivity contribution < 1.29 is 13.2 Å². The van der Waals surface area contributed by atoms with Crippen molar-refractivity contribution in [2.24, 2.45) is 0 Å². The average molecular weight is 513 g/mol. The second-order valence-corrected chi connectivity index (χ2v) is 10.8. The standard InChI is InChI=1S/C25H25BrN2O3S/c1-18-9-15-22(16-10-18)32(30,31)28(21-13-11-20(26)12-14-21)17-25(29)27-24-8-4-6-19-5-2-3-7-23(19)24/h2-3,5,7,9-16,24H,4,6,8,17H2,1H3,(H,27,29)/t24-/m0/s1. The van der Waals surface area contributed by atoms with Crippen LogP contribution in [0.1, 0.15) is 35.6 Å². The summed E-state index contributed by atoms with van der Waals surface area (Å²) < 4.78 is 29.0. The molecule has 1 aliphatic rings. The lowest BCUT2D eigenvalue weighted by Gasteiger charge is -2.28. The van der Waals surface area contributed by atoms with E-state index < -0.39 is 10.0 Å². The number of nitrogens with zero attached hydrogens (tertiary/aromatic N) is 1. The van der Waals surface area contributed by atoms with Gasteiger partial charge in [-0.15, -0.1) is 0 Å². The zero-order chi connectivity index (χ0) is 22.7. The summed E-state index contributed by atoms with van der Waals surface area (Å²) in [6, 6.07) is 21.6. The number of carbonyl (C=O) groups is 1. The Morgan fingerprint density at radius 3 is 2.44 bits per heavy atom. The number of aryl methyl sites for hydroxylation is 2. The normalized spacial score (nSPS) is 15.6. The number of nitrogens with one attached hydrogen (secondary N) is 1. The number of rotatable bonds is 6. The van der Waals surface area contributed by atoms with Gasteiger partial charge < -0.3 is 5.32 Å². The van der Waals surface area contributed by atoms with E-state index in [-0.39, 0.29) is 23.4 Å². The Labute approximate surface area is 197 Å². The van der Waals surface area contributed by atoms with Crippen LogP contribution in [0, 0.1) is 6.92 Å². The van der Waals surface area contributed by atoms with Gasteiger partial charge in [0.05, 0.1) is 16.6 Å². The van der Waals surface area contributed by atoms with Gasteiger partial charge in [-0.2, -0.15) is 0 Å². The van der Waals surface area contributed by atoms with Crippen molar-refractivity contribution in [3.8, 4) is 0 Å². The summed E-state index contributed by atoms with van der Waals surface area (Å²) in [6.45, 7) is 1.61. The molecule has 0 bridgehead atoms. The van der Waals surface area contributed by atoms with E-state index in [2.05, 4.69) is 27.3 Å². The predicted octanol–water partition coefficient (Wildman–Crippen LogP) is 5.15. The Hall–Kier alpha value is -2.64. The van der Waals surface area contributed by atoms with Crippen LogP contribution in [0.3, 0.4) is 0 Å². The summed E-state index contributed by atoms with van der Waals surface area (Å²) in [5, 5.41) is 3.07. The van der Waals surface area contributed by atoms with Crippen molar-refractivity contribution in [1.29, 1.82) is 0 Å². The van der Waals surface area contributed by atoms with Gasteiger partial charge in [0.2, 0.25) is 5.91 Å². The lowest BCUT2D eigenvalue weighted by atomic mass is 9.88. The van der Waals surface area contributed by atoms with Crippen LogP contribution < -0.4 is 9.62 Å². The summed E-state index contributed by atoms with van der Waals surface area (Å²) in [6.07, 6.45) is 2.82. The minimum atomic E-state index is -3.92. The lowest BCUT2D eigenvalue weighted by molar-refractivity contribution is -0.120. The molecule has 0 fully saturated rings. The highest BCUT2D eigenvalue weighted by Crippen LogP contribution is 2.30. The van der Waals surface area contributed by atoms with Gasteiger partial charge in [-0.3, -0.25) is 9.10 Å². The Balaban J connectivity index is 1.62. The van der Waals surface area contributed by atoms with Crippen molar-refractivity contribution in [2.75, 3.05) is 10.8 Å². The largest absolute Gasteiger partial charge is 0.348 e. The molecule has 0 saturated carbocycles. The van der Waals surface area contributed by atoms with Crippen LogP contribution in [-0.2, 0) is 21.2 Å². The molecule has 32 heavy (non-hydrogen) atoms. The number of amides is 1. The summed E-state index contributed by atoms with van der Waals surface area (Å²) >= 11 is 3.38. The first-order chi connectivity index (χ1) is 15.3. The number of benzene rings is 3. The van der Waals surface area contributed by atoms with Crippen molar-refractivity contribution in [1.82, 2.24) is 5.32 Å². The van der Waals surface area contributed by atoms with E-state index >= 15 is 0 Å². The number of sulfonamides is 1. The zero-order valence-electron chi connectivity index (χ0n) is 17.8. The molecule has 0 heterocycles. The van der Waals surface area contributed by atoms with Crippen LogP contribution >= 0.6 is 15.9 Å². The van der Waals surface area contributed by atoms with E-state index in [1.54, 1.807) is 48.5 Å². The average Bonchev–Trinajstić information content (AvgIpc) is 2.79. The highest BCUT2D eigenvalue weighted by Gasteiger charge is 2.29. The molecular weight excluding hydrogens is 488 g/mol. The zero-order valence-corrected chi connectivity index (χ0v) is 20.2. The Bertz CT molecular complexity index is 1210. The molecule has 166 valence electrons. The fraction of sp³-hybridized carbons (Fsp3) is 0.240. The number of halogens is 1. The monoisotopic (exact) mass is 512 g/mol. The molecule has 0 saturated heterocycles. The molecule has 1 aliphatic carbocycles. The van der Waals surface area contributed by atoms with Gasteiger partial charge >= 0.3 is 0 Å². The molecule has 0 aliphatic heterocycles. The van der Waals surface area contributed by atoms with Gasteiger partial charge in [-0.25, -0.2) is 8.42 Å². The van der Waals surface area contributed by atoms with Crippen LogP contribution in [0.5, 0.6) is 0 Å². The fourth-order valence-electron chi connectivity index (χ4n) is 4.03. The van der Waals surface area contributed by atoms with Gasteiger partial charge in [0.15, 0.2) is 0 Å². The van der Waals surface area contributed by atoms with Crippen molar-refractivity contribution in [3.63, 3.8) is 0 Å². The maximum Gasteiger partial charge on any atom is 0.264 e. The first kappa shape index (κ1) is 22.6. The Kier molecular flexibility index (Phi) is 6.67. The smallest absolute Gasteiger partial charge is 0.264 e. The molecule has 0 unspecified atom stereocenters. The topological polar surface area (TPSA) is 66.5 Å². The first-order valence-corrected chi connectivity index (χ1v) is 12.8. The van der Waals surface area contributed by atoms with Crippen LogP contribution in [0.15, 0.2) is 82.2 Å². The van der Waals surface area contributed by atoms with Gasteiger partial charge in [0, 0.05) is 4.47 Å². The minimum absolute atomic E-state index is 0.110. The Morgan fingerprint density at radius 1 is 1.03 bits per heavy atom. The third-order valence-electron chi connectivity index (χ3n) is 5.72. The van der Waals surface area contributed by atoms with Gasteiger partial charge in [-0.1, -0.05) is 57.9 Å². The number of hydrogen-bond acceptors (Lipinski definition) is 3. The summed E-state index contributed by atoms with van der Waals surface area (Å²) in [5.74, 6) is -0.328. The quantitative estimate of drug-likeness (QED) is 0.496. The summed E-state index contributed by atoms with van der Waals surface area (Å²) in [5.41, 5.74) is 3.76. The number of carbonyl (C=O) groups excluding carboxylic acids is 1. The minimum Gasteiger partial charge on any atom is -0.348 e. The molecule has 5 nitrogen and oxygen atoms in total. The highest BCUT2D eigenvalue weighted by atomic mass is 79.9. The number of fused-ring (bicyclic) bond motifs is 1. The molecule has 1 amide bonds. The van der Waals surface area contributed by atoms with E-state index in [0.717, 1.165) is 34.9 Å². The molecule has 3 aromatic carbocycles. The van der Waals surface area contributed by atoms with Crippen molar-refractivity contribution >= 4 is 37.5 Å².